The predicted molar refractivity (Wildman–Crippen MR) is 317 cm³/mol. The Morgan fingerprint density at radius 3 is 1.15 bits per heavy atom. The van der Waals surface area contributed by atoms with Gasteiger partial charge < -0.3 is 4.90 Å². The SMILES string of the molecule is CC(C)(C)c1ccc(C2(c3ccc(C(C)(C)C)cc3)c3ccc(C(C)(C)C)cc3-c3ccc(N(c4cccc(-c5ccccc5)c4)c4ccc5c(c4)C(c4ccccc4)(c4ccccc4)c4ccccc4-5)cc32)cc1. The number of fused-ring (bicyclic) bond motifs is 6. The summed E-state index contributed by atoms with van der Waals surface area (Å²) in [4.78, 5) is 2.52. The van der Waals surface area contributed by atoms with Crippen LogP contribution in [0.2, 0.25) is 0 Å². The molecule has 0 aromatic heterocycles. The Balaban J connectivity index is 1.16. The molecular formula is C74H67N. The van der Waals surface area contributed by atoms with Gasteiger partial charge in [0.25, 0.3) is 0 Å². The molecule has 0 N–H and O–H groups in total. The van der Waals surface area contributed by atoms with Gasteiger partial charge in [0.05, 0.1) is 10.8 Å². The number of benzene rings is 10. The van der Waals surface area contributed by atoms with Crippen LogP contribution >= 0.6 is 0 Å². The maximum Gasteiger partial charge on any atom is 0.0714 e. The van der Waals surface area contributed by atoms with Gasteiger partial charge >= 0.3 is 0 Å². The molecule has 0 bridgehead atoms. The highest BCUT2D eigenvalue weighted by Crippen LogP contribution is 2.60. The van der Waals surface area contributed by atoms with Crippen molar-refractivity contribution in [2.45, 2.75) is 89.4 Å². The molecule has 12 rings (SSSR count). The Morgan fingerprint density at radius 2 is 0.640 bits per heavy atom. The average Bonchev–Trinajstić information content (AvgIpc) is 3.92. The first-order chi connectivity index (χ1) is 36.1. The van der Waals surface area contributed by atoms with Crippen LogP contribution in [0.15, 0.2) is 243 Å². The Labute approximate surface area is 446 Å². The summed E-state index contributed by atoms with van der Waals surface area (Å²) in [6, 6.07) is 92.4. The highest BCUT2D eigenvalue weighted by Gasteiger charge is 2.49. The van der Waals surface area contributed by atoms with E-state index in [2.05, 4.69) is 310 Å². The molecule has 1 heteroatoms. The van der Waals surface area contributed by atoms with E-state index in [1.807, 2.05) is 0 Å². The van der Waals surface area contributed by atoms with Crippen molar-refractivity contribution in [1.82, 2.24) is 0 Å². The van der Waals surface area contributed by atoms with Crippen LogP contribution in [0.4, 0.5) is 17.1 Å². The summed E-state index contributed by atoms with van der Waals surface area (Å²) in [5.41, 5.74) is 23.7. The van der Waals surface area contributed by atoms with E-state index in [9.17, 15) is 0 Å². The van der Waals surface area contributed by atoms with E-state index in [0.717, 1.165) is 17.1 Å². The summed E-state index contributed by atoms with van der Waals surface area (Å²) in [5.74, 6) is 0. The second kappa shape index (κ2) is 17.8. The molecule has 0 spiro atoms. The third-order valence-corrected chi connectivity index (χ3v) is 16.5. The molecule has 0 unspecified atom stereocenters. The third-order valence-electron chi connectivity index (χ3n) is 16.5. The van der Waals surface area contributed by atoms with E-state index in [-0.39, 0.29) is 16.2 Å². The molecule has 2 aliphatic carbocycles. The molecule has 10 aromatic carbocycles. The number of hydrogen-bond donors (Lipinski definition) is 0. The molecule has 1 nitrogen and oxygen atoms in total. The first-order valence-electron chi connectivity index (χ1n) is 26.9. The van der Waals surface area contributed by atoms with Crippen LogP contribution in [0.25, 0.3) is 33.4 Å². The molecule has 0 saturated carbocycles. The van der Waals surface area contributed by atoms with E-state index >= 15 is 0 Å². The number of nitrogens with zero attached hydrogens (tertiary/aromatic N) is 1. The highest BCUT2D eigenvalue weighted by atomic mass is 15.1. The molecule has 368 valence electrons. The molecule has 0 heterocycles. The Bertz CT molecular complexity index is 3630. The summed E-state index contributed by atoms with van der Waals surface area (Å²) in [7, 11) is 0. The zero-order chi connectivity index (χ0) is 51.9. The second-order valence-corrected chi connectivity index (χ2v) is 24.2. The van der Waals surface area contributed by atoms with Crippen LogP contribution in [0.5, 0.6) is 0 Å². The lowest BCUT2D eigenvalue weighted by Crippen LogP contribution is -2.29. The van der Waals surface area contributed by atoms with Crippen LogP contribution in [0, 0.1) is 0 Å². The van der Waals surface area contributed by atoms with Crippen molar-refractivity contribution in [3.8, 4) is 33.4 Å². The van der Waals surface area contributed by atoms with Crippen LogP contribution in [-0.4, -0.2) is 0 Å². The van der Waals surface area contributed by atoms with Gasteiger partial charge in [0.2, 0.25) is 0 Å². The van der Waals surface area contributed by atoms with Gasteiger partial charge in [-0.25, -0.2) is 0 Å². The van der Waals surface area contributed by atoms with Gasteiger partial charge in [-0.1, -0.05) is 269 Å². The molecule has 10 aromatic rings. The van der Waals surface area contributed by atoms with Crippen molar-refractivity contribution in [2.75, 3.05) is 4.90 Å². The van der Waals surface area contributed by atoms with Gasteiger partial charge in [-0.3, -0.25) is 0 Å². The van der Waals surface area contributed by atoms with Gasteiger partial charge in [-0.2, -0.15) is 0 Å². The minimum absolute atomic E-state index is 0.00491. The molecule has 0 radical (unpaired) electrons. The predicted octanol–water partition coefficient (Wildman–Crippen LogP) is 19.4. The summed E-state index contributed by atoms with van der Waals surface area (Å²) in [5, 5.41) is 0. The van der Waals surface area contributed by atoms with Crippen molar-refractivity contribution >= 4 is 17.1 Å². The van der Waals surface area contributed by atoms with Crippen molar-refractivity contribution < 1.29 is 0 Å². The fourth-order valence-corrected chi connectivity index (χ4v) is 12.6. The number of hydrogen-bond acceptors (Lipinski definition) is 1. The van der Waals surface area contributed by atoms with Crippen molar-refractivity contribution in [3.05, 3.63) is 304 Å². The van der Waals surface area contributed by atoms with E-state index < -0.39 is 10.8 Å². The van der Waals surface area contributed by atoms with Crippen LogP contribution in [0.3, 0.4) is 0 Å². The van der Waals surface area contributed by atoms with Gasteiger partial charge in [-0.15, -0.1) is 0 Å². The maximum atomic E-state index is 2.54. The quantitative estimate of drug-likeness (QED) is 0.147. The van der Waals surface area contributed by atoms with Crippen molar-refractivity contribution in [1.29, 1.82) is 0 Å². The largest absolute Gasteiger partial charge is 0.310 e. The maximum absolute atomic E-state index is 2.54. The average molecular weight is 970 g/mol. The Hall–Kier alpha value is -8.00. The van der Waals surface area contributed by atoms with Gasteiger partial charge in [0.15, 0.2) is 0 Å². The van der Waals surface area contributed by atoms with E-state index in [1.165, 1.54) is 94.6 Å². The fourth-order valence-electron chi connectivity index (χ4n) is 12.6. The number of rotatable bonds is 8. The molecule has 75 heavy (non-hydrogen) atoms. The Kier molecular flexibility index (Phi) is 11.4. The lowest BCUT2D eigenvalue weighted by atomic mass is 9.66. The Morgan fingerprint density at radius 1 is 0.253 bits per heavy atom. The van der Waals surface area contributed by atoms with Gasteiger partial charge in [0, 0.05) is 17.1 Å². The smallest absolute Gasteiger partial charge is 0.0714 e. The van der Waals surface area contributed by atoms with E-state index in [4.69, 9.17) is 0 Å². The summed E-state index contributed by atoms with van der Waals surface area (Å²) >= 11 is 0. The highest BCUT2D eigenvalue weighted by molar-refractivity contribution is 5.93. The molecular weight excluding hydrogens is 903 g/mol. The molecule has 0 amide bonds. The number of anilines is 3. The van der Waals surface area contributed by atoms with Gasteiger partial charge in [-0.05, 0) is 147 Å². The van der Waals surface area contributed by atoms with Crippen molar-refractivity contribution in [2.24, 2.45) is 0 Å². The summed E-state index contributed by atoms with van der Waals surface area (Å²) < 4.78 is 0. The van der Waals surface area contributed by atoms with Crippen LogP contribution in [0.1, 0.15) is 124 Å². The minimum atomic E-state index is -0.628. The minimum Gasteiger partial charge on any atom is -0.310 e. The van der Waals surface area contributed by atoms with E-state index in [0.29, 0.717) is 0 Å². The lowest BCUT2D eigenvalue weighted by Gasteiger charge is -2.36. The van der Waals surface area contributed by atoms with Crippen molar-refractivity contribution in [3.63, 3.8) is 0 Å². The fraction of sp³-hybridized carbons (Fsp3) is 0.189. The standard InChI is InChI=1S/C74H67N/c1-70(2,3)52-32-36-56(37-33-52)74(57-38-34-53(35-39-57)71(4,5)6)67-45-40-58(72(7,8)9)47-65(67)64-44-42-61(49-69(64)74)75(59-29-21-24-51(46-59)50-22-13-10-14-23-50)60-41-43-63-62-30-19-20-31-66(62)73(68(63)48-60,54-25-15-11-16-26-54)55-27-17-12-18-28-55/h10-49H,1-9H3. The molecule has 0 fully saturated rings. The summed E-state index contributed by atoms with van der Waals surface area (Å²) in [6.45, 7) is 20.9. The van der Waals surface area contributed by atoms with Crippen LogP contribution in [-0.2, 0) is 27.1 Å². The van der Waals surface area contributed by atoms with E-state index in [1.54, 1.807) is 0 Å². The van der Waals surface area contributed by atoms with Gasteiger partial charge in [0.1, 0.15) is 0 Å². The monoisotopic (exact) mass is 970 g/mol. The topological polar surface area (TPSA) is 3.24 Å². The first kappa shape index (κ1) is 48.0. The van der Waals surface area contributed by atoms with Crippen LogP contribution < -0.4 is 4.90 Å². The second-order valence-electron chi connectivity index (χ2n) is 24.2. The molecule has 0 saturated heterocycles. The third kappa shape index (κ3) is 7.81. The molecule has 0 aliphatic heterocycles. The molecule has 0 atom stereocenters. The zero-order valence-electron chi connectivity index (χ0n) is 45.0. The lowest BCUT2D eigenvalue weighted by molar-refractivity contribution is 0.588. The first-order valence-corrected chi connectivity index (χ1v) is 26.9. The zero-order valence-corrected chi connectivity index (χ0v) is 45.0. The summed E-state index contributed by atoms with van der Waals surface area (Å²) in [6.07, 6.45) is 0. The normalized spacial score (nSPS) is 14.1. The molecule has 2 aliphatic rings.